The smallest absolute Gasteiger partial charge is 0.320 e. The van der Waals surface area contributed by atoms with E-state index < -0.39 is 12.0 Å². The second-order valence-corrected chi connectivity index (χ2v) is 3.60. The number of carboxylic acids is 1. The minimum atomic E-state index is -0.787. The van der Waals surface area contributed by atoms with Crippen molar-refractivity contribution in [1.82, 2.24) is 5.32 Å². The molecule has 0 amide bonds. The van der Waals surface area contributed by atoms with E-state index >= 15 is 0 Å². The van der Waals surface area contributed by atoms with Crippen molar-refractivity contribution in [2.24, 2.45) is 0 Å². The second kappa shape index (κ2) is 8.34. The Morgan fingerprint density at radius 3 is 2.85 bits per heavy atom. The number of thioether (sulfide) groups is 1. The second-order valence-electron chi connectivity index (χ2n) is 2.62. The van der Waals surface area contributed by atoms with Gasteiger partial charge < -0.3 is 15.2 Å². The number of aliphatic carboxylic acids is 1. The number of rotatable bonds is 8. The molecule has 0 saturated heterocycles. The van der Waals surface area contributed by atoms with Gasteiger partial charge in [-0.1, -0.05) is 0 Å². The Balaban J connectivity index is 3.61. The van der Waals surface area contributed by atoms with E-state index in [1.807, 2.05) is 6.26 Å². The van der Waals surface area contributed by atoms with E-state index in [-0.39, 0.29) is 0 Å². The van der Waals surface area contributed by atoms with Crippen molar-refractivity contribution in [3.63, 3.8) is 0 Å². The molecule has 0 unspecified atom stereocenters. The Bertz CT molecular complexity index is 143. The highest BCUT2D eigenvalue weighted by Gasteiger charge is 2.14. The summed E-state index contributed by atoms with van der Waals surface area (Å²) in [6, 6.07) is -0.442. The standard InChI is InChI=1S/C8H17NO3S/c1-12-5-4-9-7(8(10)11)3-6-13-2/h7,9H,3-6H2,1-2H3,(H,10,11)/t7-/m0/s1. The molecule has 0 fully saturated rings. The van der Waals surface area contributed by atoms with E-state index in [0.29, 0.717) is 19.6 Å². The number of hydrogen-bond acceptors (Lipinski definition) is 4. The van der Waals surface area contributed by atoms with Gasteiger partial charge in [-0.05, 0) is 18.4 Å². The summed E-state index contributed by atoms with van der Waals surface area (Å²) in [5.74, 6) is 0.0712. The van der Waals surface area contributed by atoms with Crippen LogP contribution in [-0.4, -0.2) is 49.4 Å². The zero-order valence-corrected chi connectivity index (χ0v) is 8.89. The van der Waals surface area contributed by atoms with Gasteiger partial charge in [-0.25, -0.2) is 0 Å². The molecule has 0 bridgehead atoms. The van der Waals surface area contributed by atoms with Crippen molar-refractivity contribution in [2.75, 3.05) is 32.3 Å². The monoisotopic (exact) mass is 207 g/mol. The molecule has 2 N–H and O–H groups in total. The van der Waals surface area contributed by atoms with Gasteiger partial charge in [-0.2, -0.15) is 11.8 Å². The quantitative estimate of drug-likeness (QED) is 0.565. The normalized spacial score (nSPS) is 12.8. The first-order valence-corrected chi connectivity index (χ1v) is 5.55. The predicted molar refractivity (Wildman–Crippen MR) is 54.3 cm³/mol. The summed E-state index contributed by atoms with van der Waals surface area (Å²) in [4.78, 5) is 10.7. The summed E-state index contributed by atoms with van der Waals surface area (Å²) in [6.45, 7) is 1.13. The largest absolute Gasteiger partial charge is 0.480 e. The van der Waals surface area contributed by atoms with Crippen LogP contribution in [0.5, 0.6) is 0 Å². The van der Waals surface area contributed by atoms with Crippen LogP contribution in [0.2, 0.25) is 0 Å². The summed E-state index contributed by atoms with van der Waals surface area (Å²) >= 11 is 1.65. The molecule has 0 aromatic carbocycles. The van der Waals surface area contributed by atoms with E-state index in [2.05, 4.69) is 5.32 Å². The van der Waals surface area contributed by atoms with Gasteiger partial charge in [0.1, 0.15) is 6.04 Å². The number of nitrogens with one attached hydrogen (secondary N) is 1. The van der Waals surface area contributed by atoms with Gasteiger partial charge in [-0.15, -0.1) is 0 Å². The molecule has 0 rings (SSSR count). The Labute approximate surface area is 83.0 Å². The van der Waals surface area contributed by atoms with Gasteiger partial charge in [0.15, 0.2) is 0 Å². The molecule has 0 aromatic rings. The van der Waals surface area contributed by atoms with Crippen molar-refractivity contribution in [2.45, 2.75) is 12.5 Å². The fourth-order valence-electron chi connectivity index (χ4n) is 0.884. The van der Waals surface area contributed by atoms with Crippen LogP contribution in [0.15, 0.2) is 0 Å². The van der Waals surface area contributed by atoms with Crippen LogP contribution in [0, 0.1) is 0 Å². The minimum Gasteiger partial charge on any atom is -0.480 e. The molecule has 0 saturated carbocycles. The lowest BCUT2D eigenvalue weighted by Crippen LogP contribution is -2.38. The zero-order valence-electron chi connectivity index (χ0n) is 8.08. The third-order valence-electron chi connectivity index (χ3n) is 1.61. The molecule has 0 aliphatic heterocycles. The van der Waals surface area contributed by atoms with Crippen molar-refractivity contribution < 1.29 is 14.6 Å². The summed E-state index contributed by atoms with van der Waals surface area (Å²) in [5, 5.41) is 11.7. The van der Waals surface area contributed by atoms with E-state index in [9.17, 15) is 4.79 Å². The highest BCUT2D eigenvalue weighted by molar-refractivity contribution is 7.98. The highest BCUT2D eigenvalue weighted by atomic mass is 32.2. The third kappa shape index (κ3) is 6.86. The average Bonchev–Trinajstić information content (AvgIpc) is 2.10. The van der Waals surface area contributed by atoms with E-state index in [1.165, 1.54) is 0 Å². The highest BCUT2D eigenvalue weighted by Crippen LogP contribution is 2.00. The maximum Gasteiger partial charge on any atom is 0.320 e. The zero-order chi connectivity index (χ0) is 10.1. The number of carbonyl (C=O) groups is 1. The molecular formula is C8H17NO3S. The van der Waals surface area contributed by atoms with E-state index in [0.717, 1.165) is 5.75 Å². The molecule has 1 atom stereocenters. The topological polar surface area (TPSA) is 58.6 Å². The van der Waals surface area contributed by atoms with E-state index in [1.54, 1.807) is 18.9 Å². The SMILES string of the molecule is COCCN[C@@H](CCSC)C(=O)O. The van der Waals surface area contributed by atoms with Gasteiger partial charge in [-0.3, -0.25) is 4.79 Å². The van der Waals surface area contributed by atoms with Crippen molar-refractivity contribution >= 4 is 17.7 Å². The number of methoxy groups -OCH3 is 1. The van der Waals surface area contributed by atoms with Crippen LogP contribution in [0.25, 0.3) is 0 Å². The van der Waals surface area contributed by atoms with E-state index in [4.69, 9.17) is 9.84 Å². The van der Waals surface area contributed by atoms with Crippen molar-refractivity contribution in [3.8, 4) is 0 Å². The lowest BCUT2D eigenvalue weighted by molar-refractivity contribution is -0.139. The Hall–Kier alpha value is -0.260. The summed E-state index contributed by atoms with van der Waals surface area (Å²) in [7, 11) is 1.60. The molecule has 0 aliphatic carbocycles. The van der Waals surface area contributed by atoms with Gasteiger partial charge >= 0.3 is 5.97 Å². The van der Waals surface area contributed by atoms with Crippen LogP contribution >= 0.6 is 11.8 Å². The molecule has 5 heteroatoms. The Morgan fingerprint density at radius 1 is 1.69 bits per heavy atom. The maximum atomic E-state index is 10.7. The molecular weight excluding hydrogens is 190 g/mol. The molecule has 0 spiro atoms. The van der Waals surface area contributed by atoms with Crippen LogP contribution in [0.3, 0.4) is 0 Å². The van der Waals surface area contributed by atoms with Crippen molar-refractivity contribution in [3.05, 3.63) is 0 Å². The molecule has 78 valence electrons. The summed E-state index contributed by atoms with van der Waals surface area (Å²) < 4.78 is 4.82. The Kier molecular flexibility index (Phi) is 8.18. The van der Waals surface area contributed by atoms with Crippen LogP contribution < -0.4 is 5.32 Å². The van der Waals surface area contributed by atoms with Crippen LogP contribution in [0.1, 0.15) is 6.42 Å². The molecule has 0 radical (unpaired) electrons. The molecule has 0 heterocycles. The number of carboxylic acid groups (broad SMARTS) is 1. The van der Waals surface area contributed by atoms with Gasteiger partial charge in [0.2, 0.25) is 0 Å². The lowest BCUT2D eigenvalue weighted by atomic mass is 10.2. The average molecular weight is 207 g/mol. The first-order chi connectivity index (χ1) is 6.22. The summed E-state index contributed by atoms with van der Waals surface area (Å²) in [5.41, 5.74) is 0. The molecule has 0 aromatic heterocycles. The van der Waals surface area contributed by atoms with Crippen LogP contribution in [0.4, 0.5) is 0 Å². The lowest BCUT2D eigenvalue weighted by Gasteiger charge is -2.12. The van der Waals surface area contributed by atoms with Gasteiger partial charge in [0.05, 0.1) is 6.61 Å². The minimum absolute atomic E-state index is 0.442. The third-order valence-corrected chi connectivity index (χ3v) is 2.25. The predicted octanol–water partition coefficient (Wildman–Crippen LogP) is 0.429. The Morgan fingerprint density at radius 2 is 2.38 bits per heavy atom. The number of hydrogen-bond donors (Lipinski definition) is 2. The van der Waals surface area contributed by atoms with Crippen molar-refractivity contribution in [1.29, 1.82) is 0 Å². The summed E-state index contributed by atoms with van der Waals surface area (Å²) in [6.07, 6.45) is 2.62. The maximum absolute atomic E-state index is 10.7. The fourth-order valence-corrected chi connectivity index (χ4v) is 1.36. The first kappa shape index (κ1) is 12.7. The molecule has 13 heavy (non-hydrogen) atoms. The number of ether oxygens (including phenoxy) is 1. The van der Waals surface area contributed by atoms with Gasteiger partial charge in [0, 0.05) is 13.7 Å². The fraction of sp³-hybridized carbons (Fsp3) is 0.875. The van der Waals surface area contributed by atoms with Gasteiger partial charge in [0.25, 0.3) is 0 Å². The molecule has 4 nitrogen and oxygen atoms in total. The van der Waals surface area contributed by atoms with Crippen LogP contribution in [-0.2, 0) is 9.53 Å². The molecule has 0 aliphatic rings. The first-order valence-electron chi connectivity index (χ1n) is 4.16.